The maximum Gasteiger partial charge on any atom is 0.228 e. The first-order valence-corrected chi connectivity index (χ1v) is 9.45. The van der Waals surface area contributed by atoms with Gasteiger partial charge in [0.2, 0.25) is 5.91 Å². The molecule has 26 heavy (non-hydrogen) atoms. The average Bonchev–Trinajstić information content (AvgIpc) is 3.36. The number of hydrogen-bond acceptors (Lipinski definition) is 4. The number of carbonyl (C=O) groups is 1. The van der Waals surface area contributed by atoms with Crippen LogP contribution < -0.4 is 0 Å². The minimum absolute atomic E-state index is 0.0959. The summed E-state index contributed by atoms with van der Waals surface area (Å²) in [6, 6.07) is 2.43. The topological polar surface area (TPSA) is 65.2 Å². The van der Waals surface area contributed by atoms with Crippen molar-refractivity contribution in [3.63, 3.8) is 0 Å². The highest BCUT2D eigenvalue weighted by atomic mass is 16.5. The smallest absolute Gasteiger partial charge is 0.228 e. The Balaban J connectivity index is 1.42. The molecule has 2 aliphatic heterocycles. The fourth-order valence-electron chi connectivity index (χ4n) is 4.17. The van der Waals surface area contributed by atoms with Crippen LogP contribution in [-0.4, -0.2) is 50.1 Å². The van der Waals surface area contributed by atoms with Crippen molar-refractivity contribution in [2.24, 2.45) is 13.0 Å². The van der Waals surface area contributed by atoms with Gasteiger partial charge < -0.3 is 9.64 Å². The van der Waals surface area contributed by atoms with E-state index < -0.39 is 0 Å². The third kappa shape index (κ3) is 3.05. The second-order valence-corrected chi connectivity index (χ2v) is 7.49. The van der Waals surface area contributed by atoms with Crippen LogP contribution >= 0.6 is 0 Å². The fourth-order valence-corrected chi connectivity index (χ4v) is 4.17. The van der Waals surface area contributed by atoms with E-state index in [2.05, 4.69) is 14.9 Å². The molecule has 2 saturated heterocycles. The molecule has 0 saturated carbocycles. The van der Waals surface area contributed by atoms with E-state index in [0.717, 1.165) is 49.3 Å². The zero-order valence-corrected chi connectivity index (χ0v) is 15.8. The molecule has 2 aromatic rings. The second kappa shape index (κ2) is 6.87. The molecular weight excluding hydrogens is 330 g/mol. The van der Waals surface area contributed by atoms with Crippen LogP contribution in [0.25, 0.3) is 0 Å². The van der Waals surface area contributed by atoms with Crippen molar-refractivity contribution >= 4 is 5.91 Å². The average molecular weight is 357 g/mol. The normalized spacial score (nSPS) is 24.3. The number of carbonyl (C=O) groups excluding carboxylic acids is 1. The van der Waals surface area contributed by atoms with Crippen LogP contribution in [-0.2, 0) is 16.6 Å². The lowest BCUT2D eigenvalue weighted by Gasteiger charge is -2.34. The van der Waals surface area contributed by atoms with Crippen molar-refractivity contribution in [1.29, 1.82) is 0 Å². The predicted molar refractivity (Wildman–Crippen MR) is 96.6 cm³/mol. The Hall–Kier alpha value is -2.15. The summed E-state index contributed by atoms with van der Waals surface area (Å²) in [5.74, 6) is 0.132. The largest absolute Gasteiger partial charge is 0.373 e. The summed E-state index contributed by atoms with van der Waals surface area (Å²) in [4.78, 5) is 15.2. The van der Waals surface area contributed by atoms with Crippen LogP contribution in [0.1, 0.15) is 48.4 Å². The summed E-state index contributed by atoms with van der Waals surface area (Å²) < 4.78 is 9.83. The number of aryl methyl sites for hydroxylation is 2. The lowest BCUT2D eigenvalue weighted by Crippen LogP contribution is -2.43. The van der Waals surface area contributed by atoms with Gasteiger partial charge >= 0.3 is 0 Å². The number of aromatic nitrogens is 4. The molecule has 0 spiro atoms. The molecule has 140 valence electrons. The van der Waals surface area contributed by atoms with E-state index in [0.29, 0.717) is 12.6 Å². The Morgan fingerprint density at radius 1 is 1.23 bits per heavy atom. The zero-order valence-electron chi connectivity index (χ0n) is 15.8. The molecule has 2 atom stereocenters. The highest BCUT2D eigenvalue weighted by Crippen LogP contribution is 2.37. The number of hydrogen-bond donors (Lipinski definition) is 0. The number of likely N-dealkylation sites (tertiary alicyclic amines) is 1. The molecule has 1 amide bonds. The van der Waals surface area contributed by atoms with Crippen molar-refractivity contribution in [2.45, 2.75) is 45.3 Å². The summed E-state index contributed by atoms with van der Waals surface area (Å²) in [6.45, 7) is 6.26. The SMILES string of the molecule is Cc1ccn(C2CCN(C(=O)[C@H]3CCO[C@@H]3c3cnn(C)c3C)CC2)n1. The van der Waals surface area contributed by atoms with Crippen molar-refractivity contribution in [1.82, 2.24) is 24.5 Å². The molecular formula is C19H27N5O2. The third-order valence-corrected chi connectivity index (χ3v) is 5.88. The highest BCUT2D eigenvalue weighted by Gasteiger charge is 2.40. The highest BCUT2D eigenvalue weighted by molar-refractivity contribution is 5.80. The standard InChI is InChI=1S/C19H27N5O2/c1-13-4-10-24(21-13)15-5-8-23(9-6-15)19(25)16-7-11-26-18(16)17-12-20-22(3)14(17)2/h4,10,12,15-16,18H,5-9,11H2,1-3H3/t16-,18-/m0/s1. The first-order valence-electron chi connectivity index (χ1n) is 9.45. The van der Waals surface area contributed by atoms with Gasteiger partial charge in [-0.05, 0) is 39.2 Å². The minimum atomic E-state index is -0.164. The molecule has 0 aromatic carbocycles. The van der Waals surface area contributed by atoms with Gasteiger partial charge in [-0.2, -0.15) is 10.2 Å². The molecule has 0 unspecified atom stereocenters. The van der Waals surface area contributed by atoms with Gasteiger partial charge in [0.25, 0.3) is 0 Å². The molecule has 7 nitrogen and oxygen atoms in total. The molecule has 2 aromatic heterocycles. The summed E-state index contributed by atoms with van der Waals surface area (Å²) in [7, 11) is 1.92. The van der Waals surface area contributed by atoms with E-state index in [-0.39, 0.29) is 17.9 Å². The predicted octanol–water partition coefficient (Wildman–Crippen LogP) is 2.17. The second-order valence-electron chi connectivity index (χ2n) is 7.49. The van der Waals surface area contributed by atoms with E-state index in [4.69, 9.17) is 4.74 Å². The maximum atomic E-state index is 13.1. The zero-order chi connectivity index (χ0) is 18.3. The first kappa shape index (κ1) is 17.3. The molecule has 7 heteroatoms. The Labute approximate surface area is 153 Å². The lowest BCUT2D eigenvalue weighted by molar-refractivity contribution is -0.138. The molecule has 4 heterocycles. The van der Waals surface area contributed by atoms with Gasteiger partial charge in [-0.1, -0.05) is 0 Å². The van der Waals surface area contributed by atoms with Crippen molar-refractivity contribution in [3.05, 3.63) is 35.4 Å². The van der Waals surface area contributed by atoms with Crippen molar-refractivity contribution in [2.75, 3.05) is 19.7 Å². The van der Waals surface area contributed by atoms with Gasteiger partial charge in [0, 0.05) is 44.2 Å². The molecule has 2 aliphatic rings. The summed E-state index contributed by atoms with van der Waals surface area (Å²) in [5.41, 5.74) is 3.16. The summed E-state index contributed by atoms with van der Waals surface area (Å²) >= 11 is 0. The lowest BCUT2D eigenvalue weighted by atomic mass is 9.93. The number of piperidine rings is 1. The molecule has 0 aliphatic carbocycles. The Morgan fingerprint density at radius 2 is 2.00 bits per heavy atom. The maximum absolute atomic E-state index is 13.1. The minimum Gasteiger partial charge on any atom is -0.373 e. The number of rotatable bonds is 3. The van der Waals surface area contributed by atoms with Gasteiger partial charge in [-0.25, -0.2) is 0 Å². The summed E-state index contributed by atoms with van der Waals surface area (Å²) in [5, 5.41) is 8.84. The van der Waals surface area contributed by atoms with Gasteiger partial charge in [-0.15, -0.1) is 0 Å². The van der Waals surface area contributed by atoms with Crippen LogP contribution in [0.2, 0.25) is 0 Å². The molecule has 0 bridgehead atoms. The van der Waals surface area contributed by atoms with Gasteiger partial charge in [0.1, 0.15) is 0 Å². The monoisotopic (exact) mass is 357 g/mol. The van der Waals surface area contributed by atoms with E-state index in [1.54, 1.807) is 0 Å². The number of nitrogens with zero attached hydrogens (tertiary/aromatic N) is 5. The summed E-state index contributed by atoms with van der Waals surface area (Å²) in [6.07, 6.45) is 6.42. The third-order valence-electron chi connectivity index (χ3n) is 5.88. The number of amides is 1. The van der Waals surface area contributed by atoms with E-state index in [1.807, 2.05) is 48.9 Å². The molecule has 2 fully saturated rings. The van der Waals surface area contributed by atoms with Crippen molar-refractivity contribution in [3.8, 4) is 0 Å². The molecule has 0 N–H and O–H groups in total. The molecule has 0 radical (unpaired) electrons. The Morgan fingerprint density at radius 3 is 2.62 bits per heavy atom. The van der Waals surface area contributed by atoms with Crippen LogP contribution in [0, 0.1) is 19.8 Å². The van der Waals surface area contributed by atoms with E-state index in [9.17, 15) is 4.79 Å². The number of ether oxygens (including phenoxy) is 1. The Kier molecular flexibility index (Phi) is 4.56. The van der Waals surface area contributed by atoms with Gasteiger partial charge in [0.05, 0.1) is 30.0 Å². The van der Waals surface area contributed by atoms with Crippen LogP contribution in [0.5, 0.6) is 0 Å². The van der Waals surface area contributed by atoms with Crippen LogP contribution in [0.15, 0.2) is 18.5 Å². The van der Waals surface area contributed by atoms with Crippen LogP contribution in [0.3, 0.4) is 0 Å². The van der Waals surface area contributed by atoms with Crippen molar-refractivity contribution < 1.29 is 9.53 Å². The quantitative estimate of drug-likeness (QED) is 0.844. The van der Waals surface area contributed by atoms with Gasteiger partial charge in [-0.3, -0.25) is 14.2 Å². The van der Waals surface area contributed by atoms with Crippen LogP contribution in [0.4, 0.5) is 0 Å². The van der Waals surface area contributed by atoms with E-state index in [1.165, 1.54) is 0 Å². The molecule has 4 rings (SSSR count). The van der Waals surface area contributed by atoms with E-state index >= 15 is 0 Å². The fraction of sp³-hybridized carbons (Fsp3) is 0.632. The Bertz CT molecular complexity index is 788. The first-order chi connectivity index (χ1) is 12.5. The van der Waals surface area contributed by atoms with Gasteiger partial charge in [0.15, 0.2) is 0 Å².